The van der Waals surface area contributed by atoms with Gasteiger partial charge in [0, 0.05) is 45.1 Å². The molecular formula is C16H28N4O3. The fourth-order valence-corrected chi connectivity index (χ4v) is 3.28. The maximum absolute atomic E-state index is 12.6. The van der Waals surface area contributed by atoms with Crippen LogP contribution in [0.15, 0.2) is 0 Å². The fraction of sp³-hybridized carbons (Fsp3) is 0.812. The van der Waals surface area contributed by atoms with Crippen molar-refractivity contribution in [1.29, 1.82) is 0 Å². The van der Waals surface area contributed by atoms with Gasteiger partial charge in [-0.05, 0) is 32.1 Å². The molecule has 2 rings (SSSR count). The molecule has 0 aliphatic carbocycles. The first-order valence-electron chi connectivity index (χ1n) is 8.66. The average Bonchev–Trinajstić information content (AvgIpc) is 2.55. The van der Waals surface area contributed by atoms with Crippen LogP contribution in [0.25, 0.3) is 0 Å². The van der Waals surface area contributed by atoms with Crippen molar-refractivity contribution in [3.63, 3.8) is 0 Å². The zero-order valence-electron chi connectivity index (χ0n) is 13.8. The summed E-state index contributed by atoms with van der Waals surface area (Å²) in [6.07, 6.45) is 5.68. The summed E-state index contributed by atoms with van der Waals surface area (Å²) in [5, 5.41) is 2.86. The number of amides is 3. The van der Waals surface area contributed by atoms with Gasteiger partial charge in [0.05, 0.1) is 6.54 Å². The molecule has 1 unspecified atom stereocenters. The largest absolute Gasteiger partial charge is 0.354 e. The van der Waals surface area contributed by atoms with E-state index in [-0.39, 0.29) is 30.3 Å². The number of nitrogens with one attached hydrogen (secondary N) is 1. The van der Waals surface area contributed by atoms with Crippen molar-refractivity contribution in [3.05, 3.63) is 0 Å². The first-order valence-corrected chi connectivity index (χ1v) is 8.66. The second-order valence-corrected chi connectivity index (χ2v) is 6.35. The lowest BCUT2D eigenvalue weighted by Crippen LogP contribution is -2.53. The summed E-state index contributed by atoms with van der Waals surface area (Å²) in [5.41, 5.74) is 5.37. The van der Waals surface area contributed by atoms with Gasteiger partial charge in [0.2, 0.25) is 17.7 Å². The van der Waals surface area contributed by atoms with Gasteiger partial charge < -0.3 is 20.9 Å². The van der Waals surface area contributed by atoms with E-state index in [2.05, 4.69) is 5.32 Å². The Morgan fingerprint density at radius 3 is 2.70 bits per heavy atom. The Labute approximate surface area is 137 Å². The number of carbonyl (C=O) groups is 3. The predicted molar refractivity (Wildman–Crippen MR) is 86.5 cm³/mol. The lowest BCUT2D eigenvalue weighted by molar-refractivity contribution is -0.144. The van der Waals surface area contributed by atoms with Crippen LogP contribution in [0.1, 0.15) is 44.9 Å². The normalized spacial score (nSPS) is 22.1. The van der Waals surface area contributed by atoms with Gasteiger partial charge in [-0.15, -0.1) is 0 Å². The quantitative estimate of drug-likeness (QED) is 0.710. The van der Waals surface area contributed by atoms with E-state index in [1.165, 1.54) is 0 Å². The number of rotatable bonds is 6. The molecule has 2 aliphatic heterocycles. The summed E-state index contributed by atoms with van der Waals surface area (Å²) in [7, 11) is 0. The van der Waals surface area contributed by atoms with Gasteiger partial charge in [0.15, 0.2) is 0 Å². The van der Waals surface area contributed by atoms with Crippen molar-refractivity contribution in [2.24, 2.45) is 5.73 Å². The number of piperidine rings is 2. The smallest absolute Gasteiger partial charge is 0.242 e. The molecule has 130 valence electrons. The van der Waals surface area contributed by atoms with E-state index in [9.17, 15) is 14.4 Å². The first-order chi connectivity index (χ1) is 11.1. The molecule has 2 aliphatic rings. The third-order valence-corrected chi connectivity index (χ3v) is 4.60. The molecule has 3 amide bonds. The lowest BCUT2D eigenvalue weighted by atomic mass is 10.0. The van der Waals surface area contributed by atoms with Crippen LogP contribution in [0.2, 0.25) is 0 Å². The van der Waals surface area contributed by atoms with Gasteiger partial charge in [0.1, 0.15) is 0 Å². The molecule has 7 heteroatoms. The zero-order chi connectivity index (χ0) is 16.7. The van der Waals surface area contributed by atoms with Gasteiger partial charge in [-0.1, -0.05) is 0 Å². The van der Waals surface area contributed by atoms with Gasteiger partial charge in [-0.25, -0.2) is 0 Å². The first kappa shape index (κ1) is 17.7. The highest BCUT2D eigenvalue weighted by atomic mass is 16.2. The van der Waals surface area contributed by atoms with Gasteiger partial charge in [0.25, 0.3) is 0 Å². The number of nitrogens with two attached hydrogens (primary N) is 1. The summed E-state index contributed by atoms with van der Waals surface area (Å²) in [4.78, 5) is 39.5. The van der Waals surface area contributed by atoms with Crippen molar-refractivity contribution in [1.82, 2.24) is 15.1 Å². The molecule has 0 radical (unpaired) electrons. The molecule has 0 aromatic heterocycles. The minimum absolute atomic E-state index is 0.00183. The van der Waals surface area contributed by atoms with Gasteiger partial charge in [-0.3, -0.25) is 14.4 Å². The van der Waals surface area contributed by atoms with Crippen molar-refractivity contribution in [2.45, 2.75) is 51.0 Å². The third kappa shape index (κ3) is 5.20. The molecule has 0 saturated carbocycles. The molecule has 1 atom stereocenters. The molecular weight excluding hydrogens is 296 g/mol. The van der Waals surface area contributed by atoms with Crippen molar-refractivity contribution in [3.8, 4) is 0 Å². The van der Waals surface area contributed by atoms with Crippen LogP contribution < -0.4 is 11.1 Å². The Morgan fingerprint density at radius 2 is 1.96 bits per heavy atom. The molecule has 2 saturated heterocycles. The minimum atomic E-state index is -0.0725. The highest BCUT2D eigenvalue weighted by molar-refractivity contribution is 5.85. The van der Waals surface area contributed by atoms with Gasteiger partial charge in [-0.2, -0.15) is 0 Å². The monoisotopic (exact) mass is 324 g/mol. The molecule has 2 fully saturated rings. The Balaban J connectivity index is 1.87. The fourth-order valence-electron chi connectivity index (χ4n) is 3.28. The third-order valence-electron chi connectivity index (χ3n) is 4.60. The SMILES string of the molecule is NCCC(=O)NCC1CCCCN1C(=O)CN1CCCCC1=O. The van der Waals surface area contributed by atoms with E-state index in [4.69, 9.17) is 5.73 Å². The molecule has 0 bridgehead atoms. The standard InChI is InChI=1S/C16H28N4O3/c17-8-7-14(21)18-11-13-5-1-4-10-20(13)16(23)12-19-9-3-2-6-15(19)22/h13H,1-12,17H2,(H,18,21). The highest BCUT2D eigenvalue weighted by Gasteiger charge is 2.29. The summed E-state index contributed by atoms with van der Waals surface area (Å²) in [6, 6.07) is 0.0258. The maximum Gasteiger partial charge on any atom is 0.242 e. The molecule has 7 nitrogen and oxygen atoms in total. The van der Waals surface area contributed by atoms with E-state index >= 15 is 0 Å². The van der Waals surface area contributed by atoms with Crippen LogP contribution in [-0.4, -0.2) is 66.3 Å². The zero-order valence-corrected chi connectivity index (χ0v) is 13.8. The minimum Gasteiger partial charge on any atom is -0.354 e. The summed E-state index contributed by atoms with van der Waals surface area (Å²) in [6.45, 7) is 2.36. The second-order valence-electron chi connectivity index (χ2n) is 6.35. The molecule has 23 heavy (non-hydrogen) atoms. The number of likely N-dealkylation sites (tertiary alicyclic amines) is 2. The van der Waals surface area contributed by atoms with Crippen LogP contribution in [0.3, 0.4) is 0 Å². The predicted octanol–water partition coefficient (Wildman–Crippen LogP) is -0.155. The number of nitrogens with zero attached hydrogens (tertiary/aromatic N) is 2. The van der Waals surface area contributed by atoms with Gasteiger partial charge >= 0.3 is 0 Å². The topological polar surface area (TPSA) is 95.7 Å². The Morgan fingerprint density at radius 1 is 1.17 bits per heavy atom. The van der Waals surface area contributed by atoms with E-state index in [0.29, 0.717) is 39.0 Å². The van der Waals surface area contributed by atoms with E-state index in [1.807, 2.05) is 4.90 Å². The molecule has 0 aromatic carbocycles. The molecule has 2 heterocycles. The molecule has 3 N–H and O–H groups in total. The summed E-state index contributed by atoms with van der Waals surface area (Å²) in [5.74, 6) is 0.00381. The van der Waals surface area contributed by atoms with E-state index in [1.54, 1.807) is 4.90 Å². The van der Waals surface area contributed by atoms with Crippen LogP contribution in [0, 0.1) is 0 Å². The average molecular weight is 324 g/mol. The van der Waals surface area contributed by atoms with Crippen LogP contribution in [0.4, 0.5) is 0 Å². The summed E-state index contributed by atoms with van der Waals surface area (Å²) < 4.78 is 0. The van der Waals surface area contributed by atoms with Crippen molar-refractivity contribution in [2.75, 3.05) is 32.7 Å². The molecule has 0 aromatic rings. The lowest BCUT2D eigenvalue weighted by Gasteiger charge is -2.37. The van der Waals surface area contributed by atoms with E-state index in [0.717, 1.165) is 32.1 Å². The van der Waals surface area contributed by atoms with Crippen LogP contribution >= 0.6 is 0 Å². The van der Waals surface area contributed by atoms with E-state index < -0.39 is 0 Å². The Hall–Kier alpha value is -1.63. The van der Waals surface area contributed by atoms with Crippen LogP contribution in [-0.2, 0) is 14.4 Å². The number of hydrogen-bond donors (Lipinski definition) is 2. The van der Waals surface area contributed by atoms with Crippen molar-refractivity contribution < 1.29 is 14.4 Å². The molecule has 0 spiro atoms. The number of hydrogen-bond acceptors (Lipinski definition) is 4. The second kappa shape index (κ2) is 8.86. The van der Waals surface area contributed by atoms with Crippen molar-refractivity contribution >= 4 is 17.7 Å². The summed E-state index contributed by atoms with van der Waals surface area (Å²) >= 11 is 0. The van der Waals surface area contributed by atoms with Crippen LogP contribution in [0.5, 0.6) is 0 Å². The Kier molecular flexibility index (Phi) is 6.83. The number of carbonyl (C=O) groups excluding carboxylic acids is 3. The maximum atomic E-state index is 12.6. The Bertz CT molecular complexity index is 441. The highest BCUT2D eigenvalue weighted by Crippen LogP contribution is 2.18.